The number of fused-ring (bicyclic) bond motifs is 1. The summed E-state index contributed by atoms with van der Waals surface area (Å²) in [7, 11) is 0. The molecule has 0 aliphatic rings. The van der Waals surface area contributed by atoms with Crippen molar-refractivity contribution in [2.75, 3.05) is 5.73 Å². The summed E-state index contributed by atoms with van der Waals surface area (Å²) in [5.74, 6) is 0.141. The zero-order chi connectivity index (χ0) is 19.7. The molecule has 142 valence electrons. The third kappa shape index (κ3) is 3.59. The summed E-state index contributed by atoms with van der Waals surface area (Å²) in [6, 6.07) is 13.3. The smallest absolute Gasteiger partial charge is 0.321 e. The molecule has 28 heavy (non-hydrogen) atoms. The number of pyridine rings is 1. The van der Waals surface area contributed by atoms with Gasteiger partial charge in [-0.25, -0.2) is 9.98 Å². The van der Waals surface area contributed by atoms with E-state index in [4.69, 9.17) is 10.3 Å². The Labute approximate surface area is 165 Å². The molecule has 4 aromatic rings. The van der Waals surface area contributed by atoms with Gasteiger partial charge in [-0.3, -0.25) is 4.52 Å². The first-order valence-corrected chi connectivity index (χ1v) is 9.71. The summed E-state index contributed by atoms with van der Waals surface area (Å²) in [6.45, 7) is 4.28. The van der Waals surface area contributed by atoms with Gasteiger partial charge in [-0.05, 0) is 29.2 Å². The fraction of sp³-hybridized carbons (Fsp3) is 0.200. The van der Waals surface area contributed by atoms with E-state index in [0.717, 1.165) is 28.0 Å². The Hall–Kier alpha value is -3.26. The van der Waals surface area contributed by atoms with Crippen molar-refractivity contribution in [2.45, 2.75) is 20.3 Å². The number of thiophene rings is 1. The van der Waals surface area contributed by atoms with Crippen molar-refractivity contribution in [3.63, 3.8) is 0 Å². The summed E-state index contributed by atoms with van der Waals surface area (Å²) < 4.78 is 6.68. The number of para-hydroxylation sites is 1. The molecule has 8 heteroatoms. The van der Waals surface area contributed by atoms with Crippen LogP contribution in [0.25, 0.3) is 15.9 Å². The summed E-state index contributed by atoms with van der Waals surface area (Å²) >= 11 is 1.25. The van der Waals surface area contributed by atoms with Gasteiger partial charge in [0.15, 0.2) is 0 Å². The second-order valence-corrected chi connectivity index (χ2v) is 7.83. The molecule has 0 saturated heterocycles. The lowest BCUT2D eigenvalue weighted by Crippen LogP contribution is -2.30. The van der Waals surface area contributed by atoms with Gasteiger partial charge in [0.05, 0.1) is 10.6 Å². The van der Waals surface area contributed by atoms with Crippen LogP contribution in [0.4, 0.5) is 11.6 Å². The highest BCUT2D eigenvalue weighted by Crippen LogP contribution is 2.33. The maximum absolute atomic E-state index is 12.7. The number of nitrogens with two attached hydrogens (primary N) is 1. The number of nitrogens with zero attached hydrogens (tertiary/aromatic N) is 4. The minimum Gasteiger partial charge on any atom is -0.857 e. The Kier molecular flexibility index (Phi) is 4.79. The average Bonchev–Trinajstić information content (AvgIpc) is 3.26. The van der Waals surface area contributed by atoms with E-state index in [2.05, 4.69) is 29.1 Å². The summed E-state index contributed by atoms with van der Waals surface area (Å²) in [4.78, 5) is 9.75. The van der Waals surface area contributed by atoms with Crippen LogP contribution in [0.15, 0.2) is 58.2 Å². The number of aliphatic imine (C=N–C) groups is 1. The molecule has 4 rings (SSSR count). The molecule has 0 spiro atoms. The molecule has 0 atom stereocenters. The molecule has 0 bridgehead atoms. The Bertz CT molecular complexity index is 1150. The monoisotopic (exact) mass is 393 g/mol. The average molecular weight is 393 g/mol. The predicted octanol–water partition coefficient (Wildman–Crippen LogP) is 2.78. The minimum absolute atomic E-state index is 0.110. The molecule has 0 saturated carbocycles. The fourth-order valence-corrected chi connectivity index (χ4v) is 3.86. The number of benzene rings is 1. The van der Waals surface area contributed by atoms with Crippen LogP contribution in [0.3, 0.4) is 0 Å². The maximum atomic E-state index is 12.7. The van der Waals surface area contributed by atoms with Gasteiger partial charge in [-0.15, -0.1) is 11.3 Å². The topological polar surface area (TPSA) is 104 Å². The van der Waals surface area contributed by atoms with Crippen LogP contribution < -0.4 is 15.5 Å². The number of nitrogen functional groups attached to an aromatic ring is 1. The summed E-state index contributed by atoms with van der Waals surface area (Å²) in [5, 5.41) is 17.3. The summed E-state index contributed by atoms with van der Waals surface area (Å²) in [6.07, 6.45) is 2.43. The molecule has 2 N–H and O–H groups in total. The maximum Gasteiger partial charge on any atom is 0.321 e. The minimum atomic E-state index is -0.470. The number of hydrogen-bond donors (Lipinski definition) is 1. The molecule has 0 aliphatic carbocycles. The Morgan fingerprint density at radius 2 is 2.04 bits per heavy atom. The molecule has 0 unspecified atom stereocenters. The molecule has 0 radical (unpaired) electrons. The Morgan fingerprint density at radius 1 is 1.25 bits per heavy atom. The van der Waals surface area contributed by atoms with Gasteiger partial charge in [0.2, 0.25) is 11.0 Å². The largest absolute Gasteiger partial charge is 0.857 e. The highest BCUT2D eigenvalue weighted by atomic mass is 32.1. The summed E-state index contributed by atoms with van der Waals surface area (Å²) in [5.41, 5.74) is 8.37. The van der Waals surface area contributed by atoms with E-state index in [0.29, 0.717) is 16.5 Å². The van der Waals surface area contributed by atoms with Crippen LogP contribution in [0.1, 0.15) is 24.4 Å². The second kappa shape index (κ2) is 7.40. The first-order valence-electron chi connectivity index (χ1n) is 8.89. The van der Waals surface area contributed by atoms with Crippen LogP contribution in [-0.4, -0.2) is 16.2 Å². The molecule has 0 amide bonds. The van der Waals surface area contributed by atoms with Crippen molar-refractivity contribution in [1.29, 1.82) is 0 Å². The zero-order valence-corrected chi connectivity index (χ0v) is 16.3. The van der Waals surface area contributed by atoms with Crippen LogP contribution in [0, 0.1) is 5.92 Å². The molecule has 0 aliphatic heterocycles. The second-order valence-electron chi connectivity index (χ2n) is 6.84. The van der Waals surface area contributed by atoms with E-state index >= 15 is 0 Å². The third-order valence-electron chi connectivity index (χ3n) is 4.15. The normalized spacial score (nSPS) is 12.2. The van der Waals surface area contributed by atoms with Gasteiger partial charge in [0.25, 0.3) is 6.20 Å². The quantitative estimate of drug-likeness (QED) is 0.319. The van der Waals surface area contributed by atoms with Crippen LogP contribution in [-0.2, 0) is 6.42 Å². The number of hydrogen-bond acceptors (Lipinski definition) is 7. The molecule has 1 aromatic carbocycles. The number of rotatable bonds is 5. The third-order valence-corrected chi connectivity index (χ3v) is 5.25. The predicted molar refractivity (Wildman–Crippen MR) is 107 cm³/mol. The first kappa shape index (κ1) is 18.1. The van der Waals surface area contributed by atoms with E-state index in [1.807, 2.05) is 42.5 Å². The standard InChI is InChI=1S/C20H19N5O2S/c1-12(2)10-13-8-9-15-17(21)18(28-20(15)22-13)19(26)23-16-11-25(24-27-16)14-6-4-3-5-7-14/h3-9,11-12H,10H2,1-2H3,(H2-,21,23,24,26). The molecule has 7 nitrogen and oxygen atoms in total. The van der Waals surface area contributed by atoms with Crippen LogP contribution >= 0.6 is 11.3 Å². The van der Waals surface area contributed by atoms with Gasteiger partial charge in [-0.1, -0.05) is 32.0 Å². The highest BCUT2D eigenvalue weighted by molar-refractivity contribution is 7.21. The lowest BCUT2D eigenvalue weighted by atomic mass is 10.1. The van der Waals surface area contributed by atoms with Crippen molar-refractivity contribution < 1.29 is 14.3 Å². The van der Waals surface area contributed by atoms with Gasteiger partial charge in [0.1, 0.15) is 4.83 Å². The van der Waals surface area contributed by atoms with Crippen LogP contribution in [0.5, 0.6) is 0 Å². The van der Waals surface area contributed by atoms with Gasteiger partial charge in [0, 0.05) is 29.1 Å². The lowest BCUT2D eigenvalue weighted by Gasteiger charge is -2.06. The SMILES string of the molecule is CC(C)Cc1ccc2c(N)c(/C([O-])=N/c3c[n+](-c4ccccc4)no3)sc2n1. The molecule has 0 fully saturated rings. The molecule has 3 heterocycles. The van der Waals surface area contributed by atoms with Crippen molar-refractivity contribution in [3.8, 4) is 5.69 Å². The van der Waals surface area contributed by atoms with E-state index in [1.165, 1.54) is 16.0 Å². The van der Waals surface area contributed by atoms with Crippen molar-refractivity contribution in [1.82, 2.24) is 10.3 Å². The number of anilines is 1. The number of aromatic nitrogens is 3. The van der Waals surface area contributed by atoms with E-state index in [-0.39, 0.29) is 5.88 Å². The Morgan fingerprint density at radius 3 is 2.79 bits per heavy atom. The lowest BCUT2D eigenvalue weighted by molar-refractivity contribution is -0.670. The van der Waals surface area contributed by atoms with E-state index in [9.17, 15) is 5.11 Å². The first-order chi connectivity index (χ1) is 13.5. The van der Waals surface area contributed by atoms with Crippen molar-refractivity contribution >= 4 is 39.0 Å². The van der Waals surface area contributed by atoms with Gasteiger partial charge >= 0.3 is 5.88 Å². The molecule has 3 aromatic heterocycles. The van der Waals surface area contributed by atoms with E-state index < -0.39 is 5.90 Å². The fourth-order valence-electron chi connectivity index (χ4n) is 2.87. The Balaban J connectivity index is 1.66. The van der Waals surface area contributed by atoms with Gasteiger partial charge < -0.3 is 10.8 Å². The highest BCUT2D eigenvalue weighted by Gasteiger charge is 2.16. The van der Waals surface area contributed by atoms with Crippen molar-refractivity contribution in [3.05, 3.63) is 59.2 Å². The van der Waals surface area contributed by atoms with Crippen LogP contribution in [0.2, 0.25) is 0 Å². The van der Waals surface area contributed by atoms with E-state index in [1.54, 1.807) is 6.20 Å². The van der Waals surface area contributed by atoms with Gasteiger partial charge in [-0.2, -0.15) is 0 Å². The molecular weight excluding hydrogens is 374 g/mol. The zero-order valence-electron chi connectivity index (χ0n) is 15.5. The van der Waals surface area contributed by atoms with Crippen molar-refractivity contribution in [2.24, 2.45) is 10.9 Å². The molecular formula is C20H19N5O2S.